The smallest absolute Gasteiger partial charge is 0.248 e. The number of piperidine rings is 1. The number of amides is 1. The fourth-order valence-electron chi connectivity index (χ4n) is 4.02. The molecule has 0 atom stereocenters. The van der Waals surface area contributed by atoms with Crippen LogP contribution in [0, 0.1) is 0 Å². The predicted octanol–water partition coefficient (Wildman–Crippen LogP) is 5.10. The van der Waals surface area contributed by atoms with Gasteiger partial charge in [-0.1, -0.05) is 30.3 Å². The molecule has 0 radical (unpaired) electrons. The van der Waals surface area contributed by atoms with Crippen LogP contribution in [0.3, 0.4) is 0 Å². The molecule has 2 N–H and O–H groups in total. The number of phenolic OH excluding ortho intramolecular Hbond substituents is 1. The quantitative estimate of drug-likeness (QED) is 0.408. The molecule has 36 heavy (non-hydrogen) atoms. The van der Waals surface area contributed by atoms with Crippen molar-refractivity contribution in [2.24, 2.45) is 0 Å². The van der Waals surface area contributed by atoms with Crippen LogP contribution in [-0.2, 0) is 11.4 Å². The predicted molar refractivity (Wildman–Crippen MR) is 141 cm³/mol. The van der Waals surface area contributed by atoms with Crippen molar-refractivity contribution in [3.63, 3.8) is 0 Å². The molecule has 1 amide bonds. The van der Waals surface area contributed by atoms with Crippen molar-refractivity contribution < 1.29 is 24.1 Å². The zero-order valence-corrected chi connectivity index (χ0v) is 20.6. The minimum absolute atomic E-state index is 0.0170. The molecular weight excluding hydrogens is 456 g/mol. The van der Waals surface area contributed by atoms with Gasteiger partial charge in [-0.15, -0.1) is 0 Å². The van der Waals surface area contributed by atoms with Crippen LogP contribution in [0.15, 0.2) is 72.8 Å². The van der Waals surface area contributed by atoms with E-state index in [1.54, 1.807) is 18.2 Å². The largest absolute Gasteiger partial charge is 0.504 e. The van der Waals surface area contributed by atoms with E-state index in [0.29, 0.717) is 29.4 Å². The molecule has 0 spiro atoms. The minimum Gasteiger partial charge on any atom is -0.504 e. The molecule has 1 heterocycles. The van der Waals surface area contributed by atoms with E-state index in [9.17, 15) is 9.90 Å². The molecule has 1 fully saturated rings. The van der Waals surface area contributed by atoms with Crippen LogP contribution >= 0.6 is 0 Å². The van der Waals surface area contributed by atoms with Crippen molar-refractivity contribution in [3.05, 3.63) is 83.9 Å². The lowest BCUT2D eigenvalue weighted by Crippen LogP contribution is -2.35. The normalized spacial score (nSPS) is 14.5. The van der Waals surface area contributed by atoms with E-state index in [1.807, 2.05) is 48.5 Å². The summed E-state index contributed by atoms with van der Waals surface area (Å²) in [5.74, 6) is 1.62. The van der Waals surface area contributed by atoms with Gasteiger partial charge in [0.2, 0.25) is 5.91 Å². The van der Waals surface area contributed by atoms with Crippen molar-refractivity contribution in [3.8, 4) is 23.0 Å². The molecule has 0 unspecified atom stereocenters. The second-order valence-electron chi connectivity index (χ2n) is 8.80. The number of carbonyl (C=O) groups is 1. The molecule has 4 rings (SSSR count). The Bertz CT molecular complexity index is 1200. The van der Waals surface area contributed by atoms with Gasteiger partial charge >= 0.3 is 0 Å². The summed E-state index contributed by atoms with van der Waals surface area (Å²) in [6, 6.07) is 20.1. The standard InChI is InChI=1S/C29H32N2O5/c1-31-16-14-23(15-17-31)36-25-8-5-7-24(19-25)35-20-22-6-3-4-9-26(22)30-29(33)13-11-21-10-12-28(34-2)27(32)18-21/h3-13,18-19,23,32H,14-17,20H2,1-2H3,(H,30,33)/b13-11+. The Morgan fingerprint density at radius 2 is 1.83 bits per heavy atom. The van der Waals surface area contributed by atoms with Crippen molar-refractivity contribution in [2.75, 3.05) is 32.6 Å². The third kappa shape index (κ3) is 7.02. The van der Waals surface area contributed by atoms with Gasteiger partial charge in [-0.05, 0) is 61.9 Å². The van der Waals surface area contributed by atoms with Crippen LogP contribution < -0.4 is 19.5 Å². The number of methoxy groups -OCH3 is 1. The van der Waals surface area contributed by atoms with Crippen molar-refractivity contribution >= 4 is 17.7 Å². The summed E-state index contributed by atoms with van der Waals surface area (Å²) >= 11 is 0. The Morgan fingerprint density at radius 3 is 2.61 bits per heavy atom. The van der Waals surface area contributed by atoms with Crippen molar-refractivity contribution in [1.29, 1.82) is 0 Å². The van der Waals surface area contributed by atoms with Gasteiger partial charge in [0.15, 0.2) is 11.5 Å². The van der Waals surface area contributed by atoms with Gasteiger partial charge in [0.05, 0.1) is 7.11 Å². The zero-order chi connectivity index (χ0) is 25.3. The zero-order valence-electron chi connectivity index (χ0n) is 20.6. The Hall–Kier alpha value is -3.97. The van der Waals surface area contributed by atoms with E-state index in [-0.39, 0.29) is 17.8 Å². The van der Waals surface area contributed by atoms with Gasteiger partial charge in [0.1, 0.15) is 24.2 Å². The number of carbonyl (C=O) groups excluding carboxylic acids is 1. The molecule has 1 saturated heterocycles. The van der Waals surface area contributed by atoms with E-state index in [1.165, 1.54) is 19.3 Å². The van der Waals surface area contributed by atoms with Gasteiger partial charge in [0, 0.05) is 36.5 Å². The van der Waals surface area contributed by atoms with Crippen molar-refractivity contribution in [1.82, 2.24) is 4.90 Å². The molecule has 7 heteroatoms. The number of nitrogens with one attached hydrogen (secondary N) is 1. The highest BCUT2D eigenvalue weighted by Crippen LogP contribution is 2.27. The minimum atomic E-state index is -0.286. The van der Waals surface area contributed by atoms with Crippen molar-refractivity contribution in [2.45, 2.75) is 25.6 Å². The molecule has 1 aliphatic rings. The lowest BCUT2D eigenvalue weighted by atomic mass is 10.1. The Labute approximate surface area is 211 Å². The number of benzene rings is 3. The number of rotatable bonds is 9. The average Bonchev–Trinajstić information content (AvgIpc) is 2.89. The van der Waals surface area contributed by atoms with E-state index < -0.39 is 0 Å². The first-order valence-electron chi connectivity index (χ1n) is 12.0. The Balaban J connectivity index is 1.34. The first kappa shape index (κ1) is 25.1. The van der Waals surface area contributed by atoms with Gasteiger partial charge < -0.3 is 29.5 Å². The number of nitrogens with zero attached hydrogens (tertiary/aromatic N) is 1. The molecule has 0 aromatic heterocycles. The summed E-state index contributed by atoms with van der Waals surface area (Å²) in [5.41, 5.74) is 2.20. The topological polar surface area (TPSA) is 80.3 Å². The third-order valence-electron chi connectivity index (χ3n) is 6.07. The summed E-state index contributed by atoms with van der Waals surface area (Å²) in [7, 11) is 3.62. The van der Waals surface area contributed by atoms with E-state index >= 15 is 0 Å². The summed E-state index contributed by atoms with van der Waals surface area (Å²) < 4.78 is 17.2. The van der Waals surface area contributed by atoms with Crippen LogP contribution in [0.1, 0.15) is 24.0 Å². The monoisotopic (exact) mass is 488 g/mol. The van der Waals surface area contributed by atoms with Gasteiger partial charge in [-0.2, -0.15) is 0 Å². The first-order chi connectivity index (χ1) is 17.5. The highest BCUT2D eigenvalue weighted by atomic mass is 16.5. The average molecular weight is 489 g/mol. The number of aromatic hydroxyl groups is 1. The first-order valence-corrected chi connectivity index (χ1v) is 12.0. The van der Waals surface area contributed by atoms with Gasteiger partial charge in [0.25, 0.3) is 0 Å². The molecule has 3 aromatic rings. The van der Waals surface area contributed by atoms with Crippen LogP contribution in [0.4, 0.5) is 5.69 Å². The number of hydrogen-bond acceptors (Lipinski definition) is 6. The van der Waals surface area contributed by atoms with Gasteiger partial charge in [-0.25, -0.2) is 0 Å². The molecule has 0 bridgehead atoms. The molecule has 3 aromatic carbocycles. The van der Waals surface area contributed by atoms with Crippen LogP contribution in [0.25, 0.3) is 6.08 Å². The number of ether oxygens (including phenoxy) is 3. The summed E-state index contributed by atoms with van der Waals surface area (Å²) in [4.78, 5) is 14.8. The number of anilines is 1. The highest BCUT2D eigenvalue weighted by molar-refractivity contribution is 6.02. The number of likely N-dealkylation sites (tertiary alicyclic amines) is 1. The summed E-state index contributed by atoms with van der Waals surface area (Å²) in [5, 5.41) is 12.8. The van der Waals surface area contributed by atoms with Gasteiger partial charge in [-0.3, -0.25) is 4.79 Å². The van der Waals surface area contributed by atoms with E-state index in [4.69, 9.17) is 14.2 Å². The molecule has 0 saturated carbocycles. The molecule has 1 aliphatic heterocycles. The second-order valence-corrected chi connectivity index (χ2v) is 8.80. The summed E-state index contributed by atoms with van der Waals surface area (Å²) in [6.45, 7) is 2.38. The molecule has 188 valence electrons. The van der Waals surface area contributed by atoms with E-state index in [2.05, 4.69) is 17.3 Å². The SMILES string of the molecule is COc1ccc(/C=C/C(=O)Nc2ccccc2COc2cccc(OC3CCN(C)CC3)c2)cc1O. The second kappa shape index (κ2) is 12.1. The number of phenols is 1. The fraction of sp³-hybridized carbons (Fsp3) is 0.276. The Morgan fingerprint density at radius 1 is 1.06 bits per heavy atom. The number of para-hydroxylation sites is 1. The maximum Gasteiger partial charge on any atom is 0.248 e. The lowest BCUT2D eigenvalue weighted by Gasteiger charge is -2.29. The lowest BCUT2D eigenvalue weighted by molar-refractivity contribution is -0.111. The van der Waals surface area contributed by atoms with E-state index in [0.717, 1.165) is 37.2 Å². The fourth-order valence-corrected chi connectivity index (χ4v) is 4.02. The molecular formula is C29H32N2O5. The van der Waals surface area contributed by atoms with Crippen LogP contribution in [0.2, 0.25) is 0 Å². The maximum atomic E-state index is 12.5. The molecule has 7 nitrogen and oxygen atoms in total. The third-order valence-corrected chi connectivity index (χ3v) is 6.07. The number of hydrogen-bond donors (Lipinski definition) is 2. The van der Waals surface area contributed by atoms with Crippen LogP contribution in [0.5, 0.6) is 23.0 Å². The maximum absolute atomic E-state index is 12.5. The highest BCUT2D eigenvalue weighted by Gasteiger charge is 2.18. The van der Waals surface area contributed by atoms with Crippen LogP contribution in [-0.4, -0.2) is 49.3 Å². The summed E-state index contributed by atoms with van der Waals surface area (Å²) in [6.07, 6.45) is 5.31. The molecule has 0 aliphatic carbocycles. The Kier molecular flexibility index (Phi) is 8.47.